The Morgan fingerprint density at radius 1 is 0.750 bits per heavy atom. The van der Waals surface area contributed by atoms with Crippen LogP contribution < -0.4 is 0 Å². The maximum atomic E-state index is 10.3. The van der Waals surface area contributed by atoms with Gasteiger partial charge in [0, 0.05) is 5.56 Å². The average molecular weight is 314 g/mol. The number of aromatic hydroxyl groups is 2. The maximum Gasteiger partial charge on any atom is 0.119 e. The van der Waals surface area contributed by atoms with Gasteiger partial charge in [0.1, 0.15) is 11.5 Å². The Hall–Kier alpha value is -3.00. The molecule has 118 valence electrons. The summed E-state index contributed by atoms with van der Waals surface area (Å²) in [6.45, 7) is 0. The van der Waals surface area contributed by atoms with Gasteiger partial charge in [0.25, 0.3) is 0 Å². The maximum absolute atomic E-state index is 10.3. The van der Waals surface area contributed by atoms with E-state index in [4.69, 9.17) is 0 Å². The van der Waals surface area contributed by atoms with Crippen molar-refractivity contribution in [3.63, 3.8) is 0 Å². The predicted octanol–water partition coefficient (Wildman–Crippen LogP) is 4.79. The molecule has 3 aromatic carbocycles. The molecule has 0 radical (unpaired) electrons. The van der Waals surface area contributed by atoms with Crippen LogP contribution in [-0.2, 0) is 12.8 Å². The fourth-order valence-electron chi connectivity index (χ4n) is 3.43. The summed E-state index contributed by atoms with van der Waals surface area (Å²) in [5.41, 5.74) is 6.53. The molecule has 0 aliphatic heterocycles. The molecule has 1 aliphatic carbocycles. The first-order valence-electron chi connectivity index (χ1n) is 8.12. The van der Waals surface area contributed by atoms with Gasteiger partial charge in [-0.25, -0.2) is 0 Å². The first kappa shape index (κ1) is 14.6. The SMILES string of the molecule is Oc1cccc(/C=C2\c3ccccc3CCc3c(O)cccc32)c1. The molecule has 2 heteroatoms. The van der Waals surface area contributed by atoms with Crippen molar-refractivity contribution in [2.45, 2.75) is 12.8 Å². The van der Waals surface area contributed by atoms with Crippen molar-refractivity contribution in [3.05, 3.63) is 94.5 Å². The first-order valence-corrected chi connectivity index (χ1v) is 8.12. The van der Waals surface area contributed by atoms with Gasteiger partial charge in [-0.1, -0.05) is 48.5 Å². The highest BCUT2D eigenvalue weighted by molar-refractivity contribution is 5.94. The molecule has 0 saturated carbocycles. The number of hydrogen-bond donors (Lipinski definition) is 2. The third-order valence-electron chi connectivity index (χ3n) is 4.57. The topological polar surface area (TPSA) is 40.5 Å². The highest BCUT2D eigenvalue weighted by atomic mass is 16.3. The standard InChI is InChI=1S/C22H18O2/c23-17-7-3-5-15(13-17)14-21-18-8-2-1-6-16(18)11-12-20-19(21)9-4-10-22(20)24/h1-10,13-14,23-24H,11-12H2/b21-14+. The van der Waals surface area contributed by atoms with Gasteiger partial charge in [-0.3, -0.25) is 0 Å². The number of hydrogen-bond acceptors (Lipinski definition) is 2. The molecule has 3 aromatic rings. The van der Waals surface area contributed by atoms with Crippen molar-refractivity contribution in [2.75, 3.05) is 0 Å². The van der Waals surface area contributed by atoms with Crippen molar-refractivity contribution in [1.82, 2.24) is 0 Å². The molecule has 0 bridgehead atoms. The summed E-state index contributed by atoms with van der Waals surface area (Å²) in [4.78, 5) is 0. The second kappa shape index (κ2) is 5.89. The van der Waals surface area contributed by atoms with Gasteiger partial charge in [0.05, 0.1) is 0 Å². The molecule has 0 fully saturated rings. The second-order valence-electron chi connectivity index (χ2n) is 6.11. The minimum atomic E-state index is 0.252. The number of phenols is 2. The first-order chi connectivity index (χ1) is 11.7. The molecule has 1 aliphatic rings. The lowest BCUT2D eigenvalue weighted by Gasteiger charge is -2.13. The van der Waals surface area contributed by atoms with Gasteiger partial charge in [-0.2, -0.15) is 0 Å². The van der Waals surface area contributed by atoms with Gasteiger partial charge < -0.3 is 10.2 Å². The number of aryl methyl sites for hydroxylation is 1. The quantitative estimate of drug-likeness (QED) is 0.678. The Labute approximate surface area is 141 Å². The molecule has 24 heavy (non-hydrogen) atoms. The Bertz CT molecular complexity index is 938. The third-order valence-corrected chi connectivity index (χ3v) is 4.57. The van der Waals surface area contributed by atoms with Crippen LogP contribution >= 0.6 is 0 Å². The summed E-state index contributed by atoms with van der Waals surface area (Å²) in [7, 11) is 0. The number of rotatable bonds is 1. The van der Waals surface area contributed by atoms with Crippen LogP contribution in [0.25, 0.3) is 11.6 Å². The van der Waals surface area contributed by atoms with Gasteiger partial charge >= 0.3 is 0 Å². The van der Waals surface area contributed by atoms with Crippen LogP contribution in [0.2, 0.25) is 0 Å². The van der Waals surface area contributed by atoms with Crippen LogP contribution in [0.15, 0.2) is 66.7 Å². The smallest absolute Gasteiger partial charge is 0.119 e. The largest absolute Gasteiger partial charge is 0.508 e. The zero-order valence-corrected chi connectivity index (χ0v) is 13.2. The van der Waals surface area contributed by atoms with Crippen LogP contribution in [0.3, 0.4) is 0 Å². The fraction of sp³-hybridized carbons (Fsp3) is 0.0909. The van der Waals surface area contributed by atoms with E-state index in [-0.39, 0.29) is 5.75 Å². The van der Waals surface area contributed by atoms with Crippen molar-refractivity contribution in [1.29, 1.82) is 0 Å². The van der Waals surface area contributed by atoms with Crippen molar-refractivity contribution >= 4 is 11.6 Å². The third kappa shape index (κ3) is 2.56. The van der Waals surface area contributed by atoms with E-state index in [9.17, 15) is 10.2 Å². The van der Waals surface area contributed by atoms with Crippen LogP contribution in [-0.4, -0.2) is 10.2 Å². The molecular formula is C22H18O2. The molecule has 0 aromatic heterocycles. The van der Waals surface area contributed by atoms with Crippen LogP contribution in [0.1, 0.15) is 27.8 Å². The summed E-state index contributed by atoms with van der Waals surface area (Å²) >= 11 is 0. The minimum Gasteiger partial charge on any atom is -0.508 e. The van der Waals surface area contributed by atoms with Gasteiger partial charge in [0.2, 0.25) is 0 Å². The zero-order valence-electron chi connectivity index (χ0n) is 13.2. The summed E-state index contributed by atoms with van der Waals surface area (Å²) in [5, 5.41) is 20.1. The van der Waals surface area contributed by atoms with Crippen LogP contribution in [0.5, 0.6) is 11.5 Å². The van der Waals surface area contributed by atoms with Crippen LogP contribution in [0, 0.1) is 0 Å². The van der Waals surface area contributed by atoms with Crippen LogP contribution in [0.4, 0.5) is 0 Å². The monoisotopic (exact) mass is 314 g/mol. The van der Waals surface area contributed by atoms with Gasteiger partial charge in [-0.05, 0) is 64.9 Å². The number of phenolic OH excluding ortho intramolecular Hbond substituents is 2. The highest BCUT2D eigenvalue weighted by Gasteiger charge is 2.19. The summed E-state index contributed by atoms with van der Waals surface area (Å²) in [5.74, 6) is 0.601. The van der Waals surface area contributed by atoms with E-state index in [0.29, 0.717) is 5.75 Å². The predicted molar refractivity (Wildman–Crippen MR) is 97.0 cm³/mol. The molecule has 0 heterocycles. The summed E-state index contributed by atoms with van der Waals surface area (Å²) in [6.07, 6.45) is 3.80. The fourth-order valence-corrected chi connectivity index (χ4v) is 3.43. The molecule has 0 unspecified atom stereocenters. The zero-order chi connectivity index (χ0) is 16.5. The molecule has 0 atom stereocenters. The molecule has 0 saturated heterocycles. The van der Waals surface area contributed by atoms with Crippen molar-refractivity contribution < 1.29 is 10.2 Å². The molecule has 2 nitrogen and oxygen atoms in total. The average Bonchev–Trinajstić information content (AvgIpc) is 2.74. The molecule has 0 spiro atoms. The van der Waals surface area contributed by atoms with E-state index in [1.54, 1.807) is 18.2 Å². The van der Waals surface area contributed by atoms with Gasteiger partial charge in [-0.15, -0.1) is 0 Å². The van der Waals surface area contributed by atoms with E-state index >= 15 is 0 Å². The summed E-state index contributed by atoms with van der Waals surface area (Å²) in [6, 6.07) is 21.3. The Balaban J connectivity index is 1.99. The number of benzene rings is 3. The van der Waals surface area contributed by atoms with Crippen molar-refractivity contribution in [2.24, 2.45) is 0 Å². The molecule has 2 N–H and O–H groups in total. The Morgan fingerprint density at radius 3 is 2.42 bits per heavy atom. The van der Waals surface area contributed by atoms with Gasteiger partial charge in [0.15, 0.2) is 0 Å². The Kier molecular flexibility index (Phi) is 3.58. The Morgan fingerprint density at radius 2 is 1.54 bits per heavy atom. The summed E-state index contributed by atoms with van der Waals surface area (Å²) < 4.78 is 0. The lowest BCUT2D eigenvalue weighted by atomic mass is 9.92. The lowest BCUT2D eigenvalue weighted by Crippen LogP contribution is -1.93. The minimum absolute atomic E-state index is 0.252. The molecule has 0 amide bonds. The molecule has 4 rings (SSSR count). The van der Waals surface area contributed by atoms with E-state index < -0.39 is 0 Å². The van der Waals surface area contributed by atoms with Crippen molar-refractivity contribution in [3.8, 4) is 11.5 Å². The van der Waals surface area contributed by atoms with E-state index in [1.807, 2.05) is 24.3 Å². The highest BCUT2D eigenvalue weighted by Crippen LogP contribution is 2.38. The van der Waals surface area contributed by atoms with E-state index in [0.717, 1.165) is 35.1 Å². The van der Waals surface area contributed by atoms with E-state index in [1.165, 1.54) is 11.1 Å². The van der Waals surface area contributed by atoms with E-state index in [2.05, 4.69) is 30.3 Å². The number of fused-ring (bicyclic) bond motifs is 2. The molecular weight excluding hydrogens is 296 g/mol. The lowest BCUT2D eigenvalue weighted by molar-refractivity contribution is 0.468. The normalized spacial score (nSPS) is 14.8. The second-order valence-corrected chi connectivity index (χ2v) is 6.11.